The predicted octanol–water partition coefficient (Wildman–Crippen LogP) is 2.34. The van der Waals surface area contributed by atoms with Crippen molar-refractivity contribution in [3.63, 3.8) is 0 Å². The maximum atomic E-state index is 3.98. The summed E-state index contributed by atoms with van der Waals surface area (Å²) in [6.07, 6.45) is 3.47. The Morgan fingerprint density at radius 2 is 2.22 bits per heavy atom. The van der Waals surface area contributed by atoms with Gasteiger partial charge in [0.15, 0.2) is 0 Å². The molecule has 1 nitrogen and oxygen atoms in total. The zero-order chi connectivity index (χ0) is 5.82. The summed E-state index contributed by atoms with van der Waals surface area (Å²) in [5, 5.41) is 0. The summed E-state index contributed by atoms with van der Waals surface area (Å²) in [6.45, 7) is 3.57. The van der Waals surface area contributed by atoms with Crippen molar-refractivity contribution in [3.05, 3.63) is 36.7 Å². The van der Waals surface area contributed by atoms with Crippen molar-refractivity contribution in [2.45, 2.75) is 0 Å². The lowest BCUT2D eigenvalue weighted by atomic mass is 10.4. The van der Waals surface area contributed by atoms with Crippen LogP contribution < -0.4 is 0 Å². The second-order valence-corrected chi connectivity index (χ2v) is 1.46. The predicted molar refractivity (Wildman–Crippen MR) is 49.7 cm³/mol. The molecule has 0 N–H and O–H groups in total. The average molecular weight is 233 g/mol. The molecule has 0 radical (unpaired) electrons. The van der Waals surface area contributed by atoms with Gasteiger partial charge >= 0.3 is 0 Å². The zero-order valence-corrected chi connectivity index (χ0v) is 7.28. The van der Waals surface area contributed by atoms with Crippen molar-refractivity contribution in [2.24, 2.45) is 0 Å². The van der Waals surface area contributed by atoms with E-state index >= 15 is 0 Å². The minimum Gasteiger partial charge on any atom is -0.257 e. The first kappa shape index (κ1) is 8.62. The summed E-state index contributed by atoms with van der Waals surface area (Å²) >= 11 is 0. The molecule has 1 heterocycles. The highest BCUT2D eigenvalue weighted by atomic mass is 127. The number of pyridine rings is 1. The van der Waals surface area contributed by atoms with E-state index < -0.39 is 0 Å². The van der Waals surface area contributed by atoms with E-state index in [1.165, 1.54) is 0 Å². The summed E-state index contributed by atoms with van der Waals surface area (Å²) < 4.78 is 0. The minimum atomic E-state index is 0. The fourth-order valence-corrected chi connectivity index (χ4v) is 0.497. The second-order valence-electron chi connectivity index (χ2n) is 1.46. The Kier molecular flexibility index (Phi) is 4.30. The van der Waals surface area contributed by atoms with Crippen LogP contribution in [0, 0.1) is 0 Å². The highest BCUT2D eigenvalue weighted by Crippen LogP contribution is 1.91. The van der Waals surface area contributed by atoms with Gasteiger partial charge in [-0.3, -0.25) is 4.98 Å². The Labute approximate surface area is 71.8 Å². The molecule has 0 aliphatic heterocycles. The zero-order valence-electron chi connectivity index (χ0n) is 4.95. The molecule has 48 valence electrons. The van der Waals surface area contributed by atoms with Crippen LogP contribution in [0.25, 0.3) is 6.08 Å². The van der Waals surface area contributed by atoms with Gasteiger partial charge in [0.1, 0.15) is 0 Å². The molecule has 0 bridgehead atoms. The molecule has 0 amide bonds. The number of nitrogens with zero attached hydrogens (tertiary/aromatic N) is 1. The lowest BCUT2D eigenvalue weighted by Gasteiger charge is -1.84. The molecular weight excluding hydrogens is 225 g/mol. The summed E-state index contributed by atoms with van der Waals surface area (Å²) in [5.74, 6) is 0. The van der Waals surface area contributed by atoms with Gasteiger partial charge in [-0.2, -0.15) is 0 Å². The van der Waals surface area contributed by atoms with E-state index in [1.807, 2.05) is 18.2 Å². The van der Waals surface area contributed by atoms with Crippen LogP contribution in [0.1, 0.15) is 5.69 Å². The standard InChI is InChI=1S/C7H7N.HI/c1-2-7-5-3-4-6-8-7;/h2-6H,1H2;1H. The highest BCUT2D eigenvalue weighted by molar-refractivity contribution is 14.0. The van der Waals surface area contributed by atoms with Crippen molar-refractivity contribution in [1.82, 2.24) is 4.98 Å². The quantitative estimate of drug-likeness (QED) is 0.678. The Bertz CT molecular complexity index is 172. The molecule has 0 aliphatic rings. The highest BCUT2D eigenvalue weighted by Gasteiger charge is 1.77. The second kappa shape index (κ2) is 4.49. The van der Waals surface area contributed by atoms with E-state index in [9.17, 15) is 0 Å². The SMILES string of the molecule is C=Cc1ccccn1.I. The Morgan fingerprint density at radius 1 is 1.44 bits per heavy atom. The molecule has 0 spiro atoms. The van der Waals surface area contributed by atoms with Gasteiger partial charge in [0, 0.05) is 6.20 Å². The first-order chi connectivity index (χ1) is 3.93. The molecule has 9 heavy (non-hydrogen) atoms. The molecule has 1 aromatic heterocycles. The van der Waals surface area contributed by atoms with Gasteiger partial charge in [-0.05, 0) is 18.2 Å². The van der Waals surface area contributed by atoms with Crippen molar-refractivity contribution in [2.75, 3.05) is 0 Å². The van der Waals surface area contributed by atoms with Crippen LogP contribution in [-0.4, -0.2) is 4.98 Å². The van der Waals surface area contributed by atoms with Crippen LogP contribution >= 0.6 is 24.0 Å². The number of hydrogen-bond acceptors (Lipinski definition) is 1. The number of hydrogen-bond donors (Lipinski definition) is 0. The normalized spacial score (nSPS) is 7.56. The van der Waals surface area contributed by atoms with Gasteiger partial charge in [-0.15, -0.1) is 24.0 Å². The summed E-state index contributed by atoms with van der Waals surface area (Å²) in [5.41, 5.74) is 0.924. The van der Waals surface area contributed by atoms with Crippen LogP contribution in [0.15, 0.2) is 31.0 Å². The van der Waals surface area contributed by atoms with E-state index in [1.54, 1.807) is 12.3 Å². The third-order valence-electron chi connectivity index (χ3n) is 0.897. The van der Waals surface area contributed by atoms with Gasteiger partial charge in [0.05, 0.1) is 5.69 Å². The third-order valence-corrected chi connectivity index (χ3v) is 0.897. The van der Waals surface area contributed by atoms with Gasteiger partial charge in [0.2, 0.25) is 0 Å². The first-order valence-electron chi connectivity index (χ1n) is 2.47. The van der Waals surface area contributed by atoms with Gasteiger partial charge in [-0.1, -0.05) is 12.6 Å². The molecule has 0 aliphatic carbocycles. The molecule has 0 aromatic carbocycles. The number of rotatable bonds is 1. The van der Waals surface area contributed by atoms with Crippen molar-refractivity contribution >= 4 is 30.1 Å². The number of halogens is 1. The monoisotopic (exact) mass is 233 g/mol. The van der Waals surface area contributed by atoms with E-state index in [-0.39, 0.29) is 24.0 Å². The molecule has 0 saturated heterocycles. The van der Waals surface area contributed by atoms with Gasteiger partial charge in [0.25, 0.3) is 0 Å². The molecule has 0 unspecified atom stereocenters. The Morgan fingerprint density at radius 3 is 2.56 bits per heavy atom. The van der Waals surface area contributed by atoms with Crippen molar-refractivity contribution < 1.29 is 0 Å². The van der Waals surface area contributed by atoms with Crippen LogP contribution in [0.3, 0.4) is 0 Å². The minimum absolute atomic E-state index is 0. The van der Waals surface area contributed by atoms with E-state index in [2.05, 4.69) is 11.6 Å². The van der Waals surface area contributed by atoms with E-state index in [0.29, 0.717) is 0 Å². The molecule has 2 heteroatoms. The maximum Gasteiger partial charge on any atom is 0.0623 e. The van der Waals surface area contributed by atoms with E-state index in [0.717, 1.165) is 5.69 Å². The average Bonchev–Trinajstić information content (AvgIpc) is 1.90. The topological polar surface area (TPSA) is 12.9 Å². The first-order valence-corrected chi connectivity index (χ1v) is 2.47. The largest absolute Gasteiger partial charge is 0.257 e. The molecule has 1 rings (SSSR count). The van der Waals surface area contributed by atoms with Crippen molar-refractivity contribution in [1.29, 1.82) is 0 Å². The third kappa shape index (κ3) is 2.60. The fourth-order valence-electron chi connectivity index (χ4n) is 0.497. The van der Waals surface area contributed by atoms with Gasteiger partial charge < -0.3 is 0 Å². The summed E-state index contributed by atoms with van der Waals surface area (Å²) in [6, 6.07) is 5.73. The van der Waals surface area contributed by atoms with Crippen LogP contribution in [-0.2, 0) is 0 Å². The number of aromatic nitrogens is 1. The molecule has 1 aromatic rings. The molecular formula is C7H8IN. The summed E-state index contributed by atoms with van der Waals surface area (Å²) in [7, 11) is 0. The Balaban J connectivity index is 0.000000640. The maximum absolute atomic E-state index is 3.98. The van der Waals surface area contributed by atoms with Crippen molar-refractivity contribution in [3.8, 4) is 0 Å². The van der Waals surface area contributed by atoms with Crippen LogP contribution in [0.5, 0.6) is 0 Å². The van der Waals surface area contributed by atoms with Crippen LogP contribution in [0.4, 0.5) is 0 Å². The molecule has 0 atom stereocenters. The van der Waals surface area contributed by atoms with Crippen LogP contribution in [0.2, 0.25) is 0 Å². The fraction of sp³-hybridized carbons (Fsp3) is 0. The lowest BCUT2D eigenvalue weighted by Crippen LogP contribution is -1.73. The molecule has 0 saturated carbocycles. The molecule has 0 fully saturated rings. The smallest absolute Gasteiger partial charge is 0.0623 e. The van der Waals surface area contributed by atoms with Gasteiger partial charge in [-0.25, -0.2) is 0 Å². The Hall–Kier alpha value is -0.380. The summed E-state index contributed by atoms with van der Waals surface area (Å²) in [4.78, 5) is 3.98. The lowest BCUT2D eigenvalue weighted by molar-refractivity contribution is 1.30. The van der Waals surface area contributed by atoms with E-state index in [4.69, 9.17) is 0 Å².